The van der Waals surface area contributed by atoms with Crippen LogP contribution in [0.5, 0.6) is 5.75 Å². The number of hydrogen-bond acceptors (Lipinski definition) is 2. The van der Waals surface area contributed by atoms with Crippen LogP contribution in [0.2, 0.25) is 0 Å². The first-order valence-corrected chi connectivity index (χ1v) is 7.35. The summed E-state index contributed by atoms with van der Waals surface area (Å²) in [6.45, 7) is 0.570. The Labute approximate surface area is 129 Å². The maximum Gasteiger partial charge on any atom is 0.146 e. The fourth-order valence-corrected chi connectivity index (χ4v) is 2.76. The first-order chi connectivity index (χ1) is 10.9. The number of nitrogens with zero attached hydrogens (tertiary/aromatic N) is 1. The van der Waals surface area contributed by atoms with Gasteiger partial charge in [0.1, 0.15) is 18.1 Å². The third kappa shape index (κ3) is 2.29. The van der Waals surface area contributed by atoms with Gasteiger partial charge in [-0.15, -0.1) is 0 Å². The second-order valence-electron chi connectivity index (χ2n) is 5.26. The van der Waals surface area contributed by atoms with Gasteiger partial charge in [-0.25, -0.2) is 0 Å². The van der Waals surface area contributed by atoms with Crippen molar-refractivity contribution in [1.29, 1.82) is 0 Å². The van der Waals surface area contributed by atoms with Crippen LogP contribution in [-0.4, -0.2) is 4.98 Å². The summed E-state index contributed by atoms with van der Waals surface area (Å²) in [5, 5.41) is 0. The molecule has 22 heavy (non-hydrogen) atoms. The van der Waals surface area contributed by atoms with Crippen LogP contribution in [0.3, 0.4) is 0 Å². The molecule has 2 nitrogen and oxygen atoms in total. The predicted molar refractivity (Wildman–Crippen MR) is 88.4 cm³/mol. The van der Waals surface area contributed by atoms with Crippen molar-refractivity contribution in [3.05, 3.63) is 95.3 Å². The highest BCUT2D eigenvalue weighted by Crippen LogP contribution is 2.36. The Kier molecular flexibility index (Phi) is 3.20. The molecule has 0 amide bonds. The number of hydrogen-bond donors (Lipinski definition) is 0. The normalized spacial score (nSPS) is 14.6. The molecule has 1 aliphatic heterocycles. The SMILES string of the molecule is C(=C1/c2ccccc2COc2cccnc21)/c1ccccc1. The number of rotatable bonds is 1. The van der Waals surface area contributed by atoms with Crippen LogP contribution in [-0.2, 0) is 6.61 Å². The fourth-order valence-electron chi connectivity index (χ4n) is 2.76. The molecule has 0 N–H and O–H groups in total. The third-order valence-electron chi connectivity index (χ3n) is 3.83. The Hall–Kier alpha value is -2.87. The van der Waals surface area contributed by atoms with Crippen molar-refractivity contribution in [1.82, 2.24) is 4.98 Å². The molecule has 0 spiro atoms. The first-order valence-electron chi connectivity index (χ1n) is 7.35. The number of ether oxygens (including phenoxy) is 1. The Balaban J connectivity index is 1.97. The zero-order valence-corrected chi connectivity index (χ0v) is 12.1. The highest BCUT2D eigenvalue weighted by molar-refractivity contribution is 5.93. The number of benzene rings is 2. The van der Waals surface area contributed by atoms with E-state index >= 15 is 0 Å². The molecule has 0 radical (unpaired) electrons. The van der Waals surface area contributed by atoms with Crippen molar-refractivity contribution in [2.75, 3.05) is 0 Å². The molecule has 0 unspecified atom stereocenters. The van der Waals surface area contributed by atoms with Gasteiger partial charge in [0.2, 0.25) is 0 Å². The van der Waals surface area contributed by atoms with Crippen molar-refractivity contribution in [3.63, 3.8) is 0 Å². The quantitative estimate of drug-likeness (QED) is 0.653. The zero-order chi connectivity index (χ0) is 14.8. The smallest absolute Gasteiger partial charge is 0.146 e. The number of fused-ring (bicyclic) bond motifs is 2. The van der Waals surface area contributed by atoms with Crippen LogP contribution < -0.4 is 4.74 Å². The third-order valence-corrected chi connectivity index (χ3v) is 3.83. The van der Waals surface area contributed by atoms with E-state index in [-0.39, 0.29) is 0 Å². The van der Waals surface area contributed by atoms with Crippen molar-refractivity contribution in [3.8, 4) is 5.75 Å². The maximum atomic E-state index is 5.94. The van der Waals surface area contributed by atoms with Crippen LogP contribution in [0.15, 0.2) is 72.9 Å². The molecule has 0 atom stereocenters. The van der Waals surface area contributed by atoms with Crippen LogP contribution >= 0.6 is 0 Å². The molecule has 1 aromatic heterocycles. The summed E-state index contributed by atoms with van der Waals surface area (Å²) >= 11 is 0. The Morgan fingerprint density at radius 1 is 0.864 bits per heavy atom. The molecule has 3 aromatic rings. The largest absolute Gasteiger partial charge is 0.487 e. The highest BCUT2D eigenvalue weighted by atomic mass is 16.5. The van der Waals surface area contributed by atoms with Gasteiger partial charge in [0, 0.05) is 11.8 Å². The Bertz CT molecular complexity index is 788. The average Bonchev–Trinajstić information content (AvgIpc) is 2.74. The average molecular weight is 285 g/mol. The van der Waals surface area contributed by atoms with Crippen LogP contribution in [0.25, 0.3) is 11.6 Å². The van der Waals surface area contributed by atoms with Crippen molar-refractivity contribution in [2.24, 2.45) is 0 Å². The maximum absolute atomic E-state index is 5.94. The monoisotopic (exact) mass is 285 g/mol. The van der Waals surface area contributed by atoms with E-state index in [1.807, 2.05) is 42.6 Å². The van der Waals surface area contributed by atoms with E-state index < -0.39 is 0 Å². The lowest BCUT2D eigenvalue weighted by atomic mass is 9.95. The summed E-state index contributed by atoms with van der Waals surface area (Å²) < 4.78 is 5.94. The van der Waals surface area contributed by atoms with Crippen molar-refractivity contribution < 1.29 is 4.74 Å². The summed E-state index contributed by atoms with van der Waals surface area (Å²) in [5.41, 5.74) is 5.53. The van der Waals surface area contributed by atoms with Gasteiger partial charge < -0.3 is 4.74 Å². The highest BCUT2D eigenvalue weighted by Gasteiger charge is 2.19. The molecular formula is C20H15NO. The molecule has 2 aromatic carbocycles. The van der Waals surface area contributed by atoms with E-state index in [1.54, 1.807) is 0 Å². The Morgan fingerprint density at radius 2 is 1.68 bits per heavy atom. The molecule has 1 aliphatic rings. The van der Waals surface area contributed by atoms with Gasteiger partial charge in [-0.2, -0.15) is 0 Å². The fraction of sp³-hybridized carbons (Fsp3) is 0.0500. The zero-order valence-electron chi connectivity index (χ0n) is 12.1. The van der Waals surface area contributed by atoms with Crippen molar-refractivity contribution >= 4 is 11.6 Å². The van der Waals surface area contributed by atoms with E-state index in [9.17, 15) is 0 Å². The van der Waals surface area contributed by atoms with Crippen LogP contribution in [0.1, 0.15) is 22.4 Å². The van der Waals surface area contributed by atoms with Gasteiger partial charge in [-0.3, -0.25) is 4.98 Å². The van der Waals surface area contributed by atoms with Gasteiger partial charge in [-0.1, -0.05) is 54.6 Å². The summed E-state index contributed by atoms with van der Waals surface area (Å²) in [4.78, 5) is 4.56. The van der Waals surface area contributed by atoms with Gasteiger partial charge in [0.25, 0.3) is 0 Å². The molecule has 0 fully saturated rings. The first kappa shape index (κ1) is 12.8. The molecule has 0 bridgehead atoms. The molecule has 0 saturated carbocycles. The topological polar surface area (TPSA) is 22.1 Å². The lowest BCUT2D eigenvalue weighted by Crippen LogP contribution is -1.94. The van der Waals surface area contributed by atoms with E-state index in [2.05, 4.69) is 41.4 Å². The van der Waals surface area contributed by atoms with Gasteiger partial charge in [0.15, 0.2) is 0 Å². The lowest BCUT2D eigenvalue weighted by molar-refractivity contribution is 0.306. The van der Waals surface area contributed by atoms with Crippen LogP contribution in [0, 0.1) is 0 Å². The van der Waals surface area contributed by atoms with Gasteiger partial charge in [0.05, 0.1) is 0 Å². The van der Waals surface area contributed by atoms with Gasteiger partial charge >= 0.3 is 0 Å². The number of aromatic nitrogens is 1. The van der Waals surface area contributed by atoms with E-state index in [4.69, 9.17) is 4.74 Å². The minimum atomic E-state index is 0.570. The summed E-state index contributed by atoms with van der Waals surface area (Å²) in [7, 11) is 0. The van der Waals surface area contributed by atoms with E-state index in [0.717, 1.165) is 22.6 Å². The lowest BCUT2D eigenvalue weighted by Gasteiger charge is -2.09. The second-order valence-corrected chi connectivity index (χ2v) is 5.26. The summed E-state index contributed by atoms with van der Waals surface area (Å²) in [6, 6.07) is 22.6. The number of pyridine rings is 1. The van der Waals surface area contributed by atoms with E-state index in [1.165, 1.54) is 11.1 Å². The minimum absolute atomic E-state index is 0.570. The molecular weight excluding hydrogens is 270 g/mol. The van der Waals surface area contributed by atoms with Gasteiger partial charge in [-0.05, 0) is 34.9 Å². The molecule has 0 aliphatic carbocycles. The Morgan fingerprint density at radius 3 is 2.59 bits per heavy atom. The standard InChI is InChI=1S/C20H15NO/c1-2-7-15(8-3-1)13-18-17-10-5-4-9-16(17)14-22-19-11-6-12-21-20(18)19/h1-13H,14H2/b18-13+. The second kappa shape index (κ2) is 5.49. The summed E-state index contributed by atoms with van der Waals surface area (Å²) in [5.74, 6) is 0.834. The van der Waals surface area contributed by atoms with E-state index in [0.29, 0.717) is 6.61 Å². The minimum Gasteiger partial charge on any atom is -0.487 e. The molecule has 106 valence electrons. The predicted octanol–water partition coefficient (Wildman–Crippen LogP) is 4.56. The summed E-state index contributed by atoms with van der Waals surface area (Å²) in [6.07, 6.45) is 3.99. The molecule has 4 rings (SSSR count). The molecule has 2 heteroatoms. The van der Waals surface area contributed by atoms with Crippen LogP contribution in [0.4, 0.5) is 0 Å². The van der Waals surface area contributed by atoms with Crippen molar-refractivity contribution in [2.45, 2.75) is 6.61 Å². The molecule has 2 heterocycles. The molecule has 0 saturated heterocycles.